The number of ether oxygens (including phenoxy) is 1. The van der Waals surface area contributed by atoms with Gasteiger partial charge in [-0.1, -0.05) is 23.7 Å². The van der Waals surface area contributed by atoms with Crippen LogP contribution in [-0.2, 0) is 9.53 Å². The van der Waals surface area contributed by atoms with Gasteiger partial charge in [0.15, 0.2) is 0 Å². The summed E-state index contributed by atoms with van der Waals surface area (Å²) in [4.78, 5) is 14.0. The van der Waals surface area contributed by atoms with Gasteiger partial charge in [0.2, 0.25) is 5.67 Å². The zero-order valence-electron chi connectivity index (χ0n) is 12.8. The molecule has 3 nitrogen and oxygen atoms in total. The van der Waals surface area contributed by atoms with Crippen molar-refractivity contribution < 1.29 is 13.9 Å². The molecule has 1 heterocycles. The number of rotatable bonds is 2. The minimum absolute atomic E-state index is 0.0382. The number of carbonyl (C=O) groups excluding carboxylic acids is 1. The molecule has 0 saturated carbocycles. The van der Waals surface area contributed by atoms with E-state index >= 15 is 4.39 Å². The second kappa shape index (κ2) is 5.58. The molecule has 2 rings (SSSR count). The van der Waals surface area contributed by atoms with Crippen LogP contribution in [0.5, 0.6) is 0 Å². The first-order valence-electron chi connectivity index (χ1n) is 6.96. The summed E-state index contributed by atoms with van der Waals surface area (Å²) in [6.45, 7) is 6.53. The Morgan fingerprint density at radius 2 is 1.95 bits per heavy atom. The van der Waals surface area contributed by atoms with E-state index in [0.29, 0.717) is 11.6 Å². The Labute approximate surface area is 130 Å². The molecular weight excluding hydrogens is 293 g/mol. The van der Waals surface area contributed by atoms with Crippen LogP contribution in [0.25, 0.3) is 0 Å². The highest BCUT2D eigenvalue weighted by molar-refractivity contribution is 6.30. The molecule has 0 spiro atoms. The first kappa shape index (κ1) is 16.2. The average Bonchev–Trinajstić information content (AvgIpc) is 2.78. The highest BCUT2D eigenvalue weighted by atomic mass is 35.5. The van der Waals surface area contributed by atoms with Crippen molar-refractivity contribution in [2.24, 2.45) is 0 Å². The molecule has 0 N–H and O–H groups in total. The van der Waals surface area contributed by atoms with Gasteiger partial charge in [0.05, 0.1) is 7.11 Å². The molecule has 1 aromatic rings. The SMILES string of the molecule is COC(=O)[C@]1(F)CN(C(C)(C)C)C[C@H]1c1ccc(Cl)cc1. The normalized spacial score (nSPS) is 26.9. The van der Waals surface area contributed by atoms with Crippen LogP contribution in [0, 0.1) is 0 Å². The maximum atomic E-state index is 15.4. The van der Waals surface area contributed by atoms with Crippen LogP contribution >= 0.6 is 11.6 Å². The van der Waals surface area contributed by atoms with Gasteiger partial charge < -0.3 is 4.74 Å². The van der Waals surface area contributed by atoms with Crippen LogP contribution in [0.1, 0.15) is 32.3 Å². The molecule has 1 aliphatic heterocycles. The second-order valence-electron chi connectivity index (χ2n) is 6.51. The Bertz CT molecular complexity index is 526. The number of halogens is 2. The first-order valence-corrected chi connectivity index (χ1v) is 7.34. The molecular formula is C16H21ClFNO2. The van der Waals surface area contributed by atoms with Gasteiger partial charge in [0.25, 0.3) is 0 Å². The van der Waals surface area contributed by atoms with Gasteiger partial charge in [-0.3, -0.25) is 4.90 Å². The summed E-state index contributed by atoms with van der Waals surface area (Å²) in [5, 5.41) is 0.590. The van der Waals surface area contributed by atoms with Crippen LogP contribution < -0.4 is 0 Å². The quantitative estimate of drug-likeness (QED) is 0.784. The maximum Gasteiger partial charge on any atom is 0.345 e. The van der Waals surface area contributed by atoms with Crippen molar-refractivity contribution in [2.45, 2.75) is 37.9 Å². The molecule has 0 aromatic heterocycles. The number of benzene rings is 1. The van der Waals surface area contributed by atoms with Crippen LogP contribution in [-0.4, -0.2) is 42.3 Å². The number of carbonyl (C=O) groups is 1. The van der Waals surface area contributed by atoms with Crippen molar-refractivity contribution >= 4 is 17.6 Å². The van der Waals surface area contributed by atoms with E-state index in [4.69, 9.17) is 16.3 Å². The molecule has 1 aliphatic rings. The largest absolute Gasteiger partial charge is 0.467 e. The average molecular weight is 314 g/mol. The summed E-state index contributed by atoms with van der Waals surface area (Å²) < 4.78 is 20.1. The van der Waals surface area contributed by atoms with E-state index < -0.39 is 17.6 Å². The number of likely N-dealkylation sites (tertiary alicyclic amines) is 1. The van der Waals surface area contributed by atoms with Crippen LogP contribution in [0.4, 0.5) is 4.39 Å². The van der Waals surface area contributed by atoms with Crippen molar-refractivity contribution in [3.05, 3.63) is 34.9 Å². The van der Waals surface area contributed by atoms with Crippen molar-refractivity contribution in [1.82, 2.24) is 4.90 Å². The summed E-state index contributed by atoms with van der Waals surface area (Å²) >= 11 is 5.88. The molecule has 0 aliphatic carbocycles. The molecule has 0 radical (unpaired) electrons. The Morgan fingerprint density at radius 3 is 2.43 bits per heavy atom. The van der Waals surface area contributed by atoms with E-state index in [1.54, 1.807) is 24.3 Å². The maximum absolute atomic E-state index is 15.4. The zero-order valence-corrected chi connectivity index (χ0v) is 13.6. The molecule has 116 valence electrons. The highest BCUT2D eigenvalue weighted by Crippen LogP contribution is 2.42. The zero-order chi connectivity index (χ0) is 15.8. The van der Waals surface area contributed by atoms with Crippen LogP contribution in [0.3, 0.4) is 0 Å². The molecule has 2 atom stereocenters. The van der Waals surface area contributed by atoms with Gasteiger partial charge in [-0.05, 0) is 38.5 Å². The lowest BCUT2D eigenvalue weighted by atomic mass is 9.86. The molecule has 1 aromatic carbocycles. The third-order valence-corrected chi connectivity index (χ3v) is 4.37. The fourth-order valence-corrected chi connectivity index (χ4v) is 2.90. The summed E-state index contributed by atoms with van der Waals surface area (Å²) in [6.07, 6.45) is 0. The molecule has 5 heteroatoms. The number of nitrogens with zero attached hydrogens (tertiary/aromatic N) is 1. The summed E-state index contributed by atoms with van der Waals surface area (Å²) in [7, 11) is 1.22. The van der Waals surface area contributed by atoms with Gasteiger partial charge in [-0.25, -0.2) is 9.18 Å². The third-order valence-electron chi connectivity index (χ3n) is 4.12. The standard InChI is InChI=1S/C16H21ClFNO2/c1-15(2,3)19-9-13(11-5-7-12(17)8-6-11)16(18,10-19)14(20)21-4/h5-8,13H,9-10H2,1-4H3/t13-,16-/m0/s1. The predicted molar refractivity (Wildman–Crippen MR) is 81.4 cm³/mol. The summed E-state index contributed by atoms with van der Waals surface area (Å²) in [6, 6.07) is 6.98. The molecule has 0 amide bonds. The fourth-order valence-electron chi connectivity index (χ4n) is 2.77. The molecule has 0 bridgehead atoms. The topological polar surface area (TPSA) is 29.5 Å². The lowest BCUT2D eigenvalue weighted by molar-refractivity contribution is -0.155. The van der Waals surface area contributed by atoms with Gasteiger partial charge in [-0.15, -0.1) is 0 Å². The van der Waals surface area contributed by atoms with E-state index in [2.05, 4.69) is 0 Å². The Balaban J connectivity index is 2.40. The number of hydrogen-bond acceptors (Lipinski definition) is 3. The summed E-state index contributed by atoms with van der Waals surface area (Å²) in [5.41, 5.74) is -1.48. The number of hydrogen-bond donors (Lipinski definition) is 0. The number of esters is 1. The Kier molecular flexibility index (Phi) is 4.31. The molecule has 1 saturated heterocycles. The number of methoxy groups -OCH3 is 1. The lowest BCUT2D eigenvalue weighted by Crippen LogP contribution is -2.45. The van der Waals surface area contributed by atoms with Gasteiger partial charge >= 0.3 is 5.97 Å². The minimum Gasteiger partial charge on any atom is -0.467 e. The lowest BCUT2D eigenvalue weighted by Gasteiger charge is -2.31. The molecule has 21 heavy (non-hydrogen) atoms. The van der Waals surface area contributed by atoms with E-state index in [-0.39, 0.29) is 12.1 Å². The van der Waals surface area contributed by atoms with Crippen molar-refractivity contribution in [1.29, 1.82) is 0 Å². The van der Waals surface area contributed by atoms with E-state index in [9.17, 15) is 4.79 Å². The van der Waals surface area contributed by atoms with Crippen molar-refractivity contribution in [3.8, 4) is 0 Å². The fraction of sp³-hybridized carbons (Fsp3) is 0.562. The Morgan fingerprint density at radius 1 is 1.38 bits per heavy atom. The molecule has 0 unspecified atom stereocenters. The smallest absolute Gasteiger partial charge is 0.345 e. The second-order valence-corrected chi connectivity index (χ2v) is 6.95. The number of alkyl halides is 1. The predicted octanol–water partition coefficient (Wildman–Crippen LogP) is 3.42. The van der Waals surface area contributed by atoms with Crippen LogP contribution in [0.2, 0.25) is 5.02 Å². The minimum atomic E-state index is -2.03. The summed E-state index contributed by atoms with van der Waals surface area (Å²) in [5.74, 6) is -1.37. The third kappa shape index (κ3) is 3.06. The molecule has 1 fully saturated rings. The highest BCUT2D eigenvalue weighted by Gasteiger charge is 2.56. The monoisotopic (exact) mass is 313 g/mol. The van der Waals surface area contributed by atoms with E-state index in [1.807, 2.05) is 25.7 Å². The van der Waals surface area contributed by atoms with E-state index in [1.165, 1.54) is 7.11 Å². The van der Waals surface area contributed by atoms with E-state index in [0.717, 1.165) is 5.56 Å². The van der Waals surface area contributed by atoms with Gasteiger partial charge in [-0.2, -0.15) is 0 Å². The van der Waals surface area contributed by atoms with Crippen molar-refractivity contribution in [2.75, 3.05) is 20.2 Å². The first-order chi connectivity index (χ1) is 9.68. The Hall–Kier alpha value is -1.13. The van der Waals surface area contributed by atoms with Crippen molar-refractivity contribution in [3.63, 3.8) is 0 Å². The van der Waals surface area contributed by atoms with Gasteiger partial charge in [0.1, 0.15) is 0 Å². The van der Waals surface area contributed by atoms with Crippen LogP contribution in [0.15, 0.2) is 24.3 Å². The van der Waals surface area contributed by atoms with Gasteiger partial charge in [0, 0.05) is 29.6 Å².